The topological polar surface area (TPSA) is 46.2 Å². The summed E-state index contributed by atoms with van der Waals surface area (Å²) in [6.07, 6.45) is 1.80. The van der Waals surface area contributed by atoms with Gasteiger partial charge in [0.2, 0.25) is 10.0 Å². The zero-order valence-corrected chi connectivity index (χ0v) is 11.3. The monoisotopic (exact) mass is 273 g/mol. The van der Waals surface area contributed by atoms with Crippen molar-refractivity contribution in [3.8, 4) is 0 Å². The van der Waals surface area contributed by atoms with Crippen molar-refractivity contribution in [1.29, 1.82) is 0 Å². The molecule has 1 aliphatic rings. The number of nitrogens with one attached hydrogen (secondary N) is 1. The molecule has 1 aliphatic carbocycles. The van der Waals surface area contributed by atoms with Crippen LogP contribution in [0.15, 0.2) is 29.2 Å². The largest absolute Gasteiger partial charge is 0.240 e. The molecular weight excluding hydrogens is 258 g/mol. The Kier molecular flexibility index (Phi) is 3.76. The normalized spacial score (nSPS) is 24.4. The molecule has 5 heteroatoms. The summed E-state index contributed by atoms with van der Waals surface area (Å²) >= 11 is 5.85. The predicted octanol–water partition coefficient (Wildman–Crippen LogP) is 2.29. The maximum Gasteiger partial charge on any atom is 0.240 e. The molecule has 1 N–H and O–H groups in total. The summed E-state index contributed by atoms with van der Waals surface area (Å²) in [6, 6.07) is 6.85. The zero-order chi connectivity index (χ0) is 12.5. The molecule has 1 aromatic rings. The number of hydrogen-bond acceptors (Lipinski definition) is 2. The van der Waals surface area contributed by atoms with E-state index in [0.29, 0.717) is 17.4 Å². The summed E-state index contributed by atoms with van der Waals surface area (Å²) in [6.45, 7) is 2.41. The van der Waals surface area contributed by atoms with Gasteiger partial charge in [-0.05, 0) is 37.8 Å². The lowest BCUT2D eigenvalue weighted by atomic mass is 9.85. The van der Waals surface area contributed by atoms with E-state index in [9.17, 15) is 8.42 Å². The zero-order valence-electron chi connectivity index (χ0n) is 9.69. The van der Waals surface area contributed by atoms with Crippen LogP contribution in [0.5, 0.6) is 0 Å². The molecule has 0 amide bonds. The van der Waals surface area contributed by atoms with Crippen molar-refractivity contribution in [1.82, 2.24) is 4.72 Å². The Hall–Kier alpha value is -0.580. The number of hydrogen-bond donors (Lipinski definition) is 1. The van der Waals surface area contributed by atoms with Crippen molar-refractivity contribution >= 4 is 21.6 Å². The molecule has 17 heavy (non-hydrogen) atoms. The Morgan fingerprint density at radius 3 is 2.41 bits per heavy atom. The molecule has 0 heterocycles. The van der Waals surface area contributed by atoms with Gasteiger partial charge in [0, 0.05) is 11.9 Å². The van der Waals surface area contributed by atoms with Gasteiger partial charge in [0.25, 0.3) is 0 Å². The molecule has 2 rings (SSSR count). The van der Waals surface area contributed by atoms with E-state index in [1.54, 1.807) is 24.3 Å². The van der Waals surface area contributed by atoms with Crippen LogP contribution in [0, 0.1) is 12.8 Å². The lowest BCUT2D eigenvalue weighted by Crippen LogP contribution is -2.36. The molecular formula is C12H16ClNO2S. The third-order valence-corrected chi connectivity index (χ3v) is 4.87. The van der Waals surface area contributed by atoms with Crippen LogP contribution in [-0.4, -0.2) is 20.3 Å². The van der Waals surface area contributed by atoms with Crippen molar-refractivity contribution in [2.75, 3.05) is 6.54 Å². The first-order valence-corrected chi connectivity index (χ1v) is 7.60. The average Bonchev–Trinajstić information content (AvgIpc) is 2.23. The Balaban J connectivity index is 1.96. The minimum Gasteiger partial charge on any atom is -0.211 e. The number of halogens is 1. The number of rotatable bonds is 4. The highest BCUT2D eigenvalue weighted by molar-refractivity contribution is 7.89. The second kappa shape index (κ2) is 4.96. The smallest absolute Gasteiger partial charge is 0.211 e. The van der Waals surface area contributed by atoms with Crippen molar-refractivity contribution in [2.24, 2.45) is 5.92 Å². The first-order valence-electron chi connectivity index (χ1n) is 5.68. The average molecular weight is 274 g/mol. The van der Waals surface area contributed by atoms with Crippen molar-refractivity contribution in [2.45, 2.75) is 30.0 Å². The SMILES string of the molecule is Cc1ccc(S(=O)(=O)NCC2CC(Cl)C2)cc1. The molecule has 0 atom stereocenters. The van der Waals surface area contributed by atoms with E-state index < -0.39 is 10.0 Å². The summed E-state index contributed by atoms with van der Waals surface area (Å²) in [7, 11) is -3.36. The lowest BCUT2D eigenvalue weighted by molar-refractivity contribution is 0.324. The van der Waals surface area contributed by atoms with Gasteiger partial charge < -0.3 is 0 Å². The number of sulfonamides is 1. The van der Waals surface area contributed by atoms with Gasteiger partial charge >= 0.3 is 0 Å². The Labute approximate surface area is 107 Å². The molecule has 3 nitrogen and oxygen atoms in total. The van der Waals surface area contributed by atoms with Gasteiger partial charge in [0.05, 0.1) is 4.90 Å². The quantitative estimate of drug-likeness (QED) is 0.856. The molecule has 1 aromatic carbocycles. The molecule has 94 valence electrons. The first kappa shape index (κ1) is 12.9. The van der Waals surface area contributed by atoms with E-state index in [2.05, 4.69) is 4.72 Å². The molecule has 0 unspecified atom stereocenters. The van der Waals surface area contributed by atoms with Gasteiger partial charge in [-0.2, -0.15) is 0 Å². The number of benzene rings is 1. The molecule has 0 aromatic heterocycles. The maximum absolute atomic E-state index is 11.9. The van der Waals surface area contributed by atoms with E-state index in [4.69, 9.17) is 11.6 Å². The van der Waals surface area contributed by atoms with Crippen LogP contribution in [0.25, 0.3) is 0 Å². The van der Waals surface area contributed by atoms with Crippen molar-refractivity contribution in [3.05, 3.63) is 29.8 Å². The number of alkyl halides is 1. The molecule has 0 aliphatic heterocycles. The van der Waals surface area contributed by atoms with Gasteiger partial charge in [-0.15, -0.1) is 11.6 Å². The van der Waals surface area contributed by atoms with E-state index >= 15 is 0 Å². The molecule has 0 bridgehead atoms. The van der Waals surface area contributed by atoms with Gasteiger partial charge in [-0.1, -0.05) is 17.7 Å². The Bertz CT molecular complexity index is 478. The number of aryl methyl sites for hydroxylation is 1. The van der Waals surface area contributed by atoms with Crippen LogP contribution >= 0.6 is 11.6 Å². The lowest BCUT2D eigenvalue weighted by Gasteiger charge is -2.30. The fourth-order valence-electron chi connectivity index (χ4n) is 1.85. The molecule has 1 saturated carbocycles. The van der Waals surface area contributed by atoms with Crippen LogP contribution < -0.4 is 4.72 Å². The van der Waals surface area contributed by atoms with E-state index in [1.807, 2.05) is 6.92 Å². The van der Waals surface area contributed by atoms with Gasteiger partial charge in [0.1, 0.15) is 0 Å². The summed E-state index contributed by atoms with van der Waals surface area (Å²) in [4.78, 5) is 0.324. The minimum absolute atomic E-state index is 0.226. The summed E-state index contributed by atoms with van der Waals surface area (Å²) in [5.41, 5.74) is 1.05. The summed E-state index contributed by atoms with van der Waals surface area (Å²) in [5.74, 6) is 0.387. The Morgan fingerprint density at radius 1 is 1.29 bits per heavy atom. The van der Waals surface area contributed by atoms with Crippen LogP contribution in [0.2, 0.25) is 0 Å². The second-order valence-electron chi connectivity index (χ2n) is 4.60. The molecule has 1 fully saturated rings. The fourth-order valence-corrected chi connectivity index (χ4v) is 3.47. The Morgan fingerprint density at radius 2 is 1.88 bits per heavy atom. The van der Waals surface area contributed by atoms with Crippen molar-refractivity contribution < 1.29 is 8.42 Å². The third kappa shape index (κ3) is 3.21. The molecule has 0 spiro atoms. The first-order chi connectivity index (χ1) is 7.97. The van der Waals surface area contributed by atoms with Crippen LogP contribution in [0.3, 0.4) is 0 Å². The van der Waals surface area contributed by atoms with E-state index in [1.165, 1.54) is 0 Å². The summed E-state index contributed by atoms with van der Waals surface area (Å²) < 4.78 is 26.5. The third-order valence-electron chi connectivity index (χ3n) is 3.07. The highest BCUT2D eigenvalue weighted by Gasteiger charge is 2.28. The second-order valence-corrected chi connectivity index (χ2v) is 6.98. The molecule has 0 radical (unpaired) electrons. The summed E-state index contributed by atoms with van der Waals surface area (Å²) in [5, 5.41) is 0.226. The predicted molar refractivity (Wildman–Crippen MR) is 68.7 cm³/mol. The maximum atomic E-state index is 11.9. The van der Waals surface area contributed by atoms with E-state index in [0.717, 1.165) is 18.4 Å². The van der Waals surface area contributed by atoms with Gasteiger partial charge in [-0.3, -0.25) is 0 Å². The van der Waals surface area contributed by atoms with E-state index in [-0.39, 0.29) is 5.38 Å². The van der Waals surface area contributed by atoms with Crippen LogP contribution in [-0.2, 0) is 10.0 Å². The van der Waals surface area contributed by atoms with Crippen LogP contribution in [0.4, 0.5) is 0 Å². The van der Waals surface area contributed by atoms with Gasteiger partial charge in [0.15, 0.2) is 0 Å². The highest BCUT2D eigenvalue weighted by atomic mass is 35.5. The highest BCUT2D eigenvalue weighted by Crippen LogP contribution is 2.31. The standard InChI is InChI=1S/C12H16ClNO2S/c1-9-2-4-12(5-3-9)17(15,16)14-8-10-6-11(13)7-10/h2-5,10-11,14H,6-8H2,1H3. The van der Waals surface area contributed by atoms with Crippen LogP contribution in [0.1, 0.15) is 18.4 Å². The minimum atomic E-state index is -3.36. The van der Waals surface area contributed by atoms with Crippen molar-refractivity contribution in [3.63, 3.8) is 0 Å². The van der Waals surface area contributed by atoms with Gasteiger partial charge in [-0.25, -0.2) is 13.1 Å². The molecule has 0 saturated heterocycles. The fraction of sp³-hybridized carbons (Fsp3) is 0.500.